The van der Waals surface area contributed by atoms with Gasteiger partial charge in [-0.3, -0.25) is 0 Å². The third-order valence-corrected chi connectivity index (χ3v) is 4.42. The minimum atomic E-state index is 0.477. The Morgan fingerprint density at radius 3 is 2.17 bits per heavy atom. The first kappa shape index (κ1) is 16.7. The largest absolute Gasteiger partial charge is 0.493 e. The van der Waals surface area contributed by atoms with E-state index in [1.807, 2.05) is 42.5 Å². The van der Waals surface area contributed by atoms with Crippen molar-refractivity contribution in [3.05, 3.63) is 53.6 Å². The van der Waals surface area contributed by atoms with E-state index in [9.17, 15) is 0 Å². The maximum absolute atomic E-state index is 5.98. The van der Waals surface area contributed by atoms with E-state index >= 15 is 0 Å². The lowest BCUT2D eigenvalue weighted by Crippen LogP contribution is -2.17. The van der Waals surface area contributed by atoms with Crippen LogP contribution in [0.15, 0.2) is 42.5 Å². The Balaban J connectivity index is 1.74. The van der Waals surface area contributed by atoms with Gasteiger partial charge in [0, 0.05) is 12.6 Å². The summed E-state index contributed by atoms with van der Waals surface area (Å²) in [7, 11) is 3.31. The fourth-order valence-electron chi connectivity index (χ4n) is 2.76. The standard InChI is InChI=1S/C20H25NO3/c1-14-9-17(14)21-12-16-10-18(22-2)20(19(11-16)23-3)24-13-15-7-5-4-6-8-15/h4-8,10-11,14,17,21H,9,12-13H2,1-3H3. The zero-order valence-electron chi connectivity index (χ0n) is 14.5. The molecule has 1 N–H and O–H groups in total. The van der Waals surface area contributed by atoms with Crippen molar-refractivity contribution in [2.75, 3.05) is 14.2 Å². The minimum Gasteiger partial charge on any atom is -0.493 e. The molecule has 0 radical (unpaired) electrons. The Labute approximate surface area is 143 Å². The summed E-state index contributed by atoms with van der Waals surface area (Å²) in [5.41, 5.74) is 2.24. The predicted molar refractivity (Wildman–Crippen MR) is 94.7 cm³/mol. The second kappa shape index (κ2) is 7.58. The lowest BCUT2D eigenvalue weighted by Gasteiger charge is -2.16. The molecule has 3 rings (SSSR count). The van der Waals surface area contributed by atoms with E-state index < -0.39 is 0 Å². The molecule has 0 heterocycles. The van der Waals surface area contributed by atoms with E-state index in [1.165, 1.54) is 6.42 Å². The molecule has 4 heteroatoms. The van der Waals surface area contributed by atoms with Crippen LogP contribution in [0.5, 0.6) is 17.2 Å². The Hall–Kier alpha value is -2.20. The van der Waals surface area contributed by atoms with Gasteiger partial charge in [-0.05, 0) is 35.6 Å². The molecule has 0 bridgehead atoms. The van der Waals surface area contributed by atoms with E-state index in [0.29, 0.717) is 29.9 Å². The number of ether oxygens (including phenoxy) is 3. The summed E-state index contributed by atoms with van der Waals surface area (Å²) in [5, 5.41) is 3.55. The molecule has 0 saturated heterocycles. The van der Waals surface area contributed by atoms with Gasteiger partial charge < -0.3 is 19.5 Å². The van der Waals surface area contributed by atoms with E-state index in [-0.39, 0.29) is 0 Å². The van der Waals surface area contributed by atoms with Crippen LogP contribution in [-0.4, -0.2) is 20.3 Å². The second-order valence-electron chi connectivity index (χ2n) is 6.30. The molecule has 0 aromatic heterocycles. The summed E-state index contributed by atoms with van der Waals surface area (Å²) in [5.74, 6) is 2.83. The summed E-state index contributed by atoms with van der Waals surface area (Å²) in [6.45, 7) is 3.55. The first-order valence-electron chi connectivity index (χ1n) is 8.36. The fourth-order valence-corrected chi connectivity index (χ4v) is 2.76. The molecule has 1 aliphatic rings. The normalized spacial score (nSPS) is 19.0. The maximum atomic E-state index is 5.98. The number of hydrogen-bond acceptors (Lipinski definition) is 4. The molecule has 0 spiro atoms. The molecule has 128 valence electrons. The van der Waals surface area contributed by atoms with E-state index in [1.54, 1.807) is 14.2 Å². The highest BCUT2D eigenvalue weighted by Crippen LogP contribution is 2.39. The van der Waals surface area contributed by atoms with Crippen molar-refractivity contribution in [2.45, 2.75) is 32.5 Å². The van der Waals surface area contributed by atoms with Crippen LogP contribution in [0.3, 0.4) is 0 Å². The zero-order chi connectivity index (χ0) is 16.9. The van der Waals surface area contributed by atoms with Crippen molar-refractivity contribution in [3.8, 4) is 17.2 Å². The van der Waals surface area contributed by atoms with E-state index in [0.717, 1.165) is 23.6 Å². The highest BCUT2D eigenvalue weighted by molar-refractivity contribution is 5.54. The monoisotopic (exact) mass is 327 g/mol. The fraction of sp³-hybridized carbons (Fsp3) is 0.400. The van der Waals surface area contributed by atoms with Crippen molar-refractivity contribution in [1.29, 1.82) is 0 Å². The van der Waals surface area contributed by atoms with Crippen molar-refractivity contribution >= 4 is 0 Å². The number of methoxy groups -OCH3 is 2. The third kappa shape index (κ3) is 4.01. The third-order valence-electron chi connectivity index (χ3n) is 4.42. The van der Waals surface area contributed by atoms with Gasteiger partial charge in [-0.1, -0.05) is 37.3 Å². The van der Waals surface area contributed by atoms with Crippen LogP contribution in [-0.2, 0) is 13.2 Å². The van der Waals surface area contributed by atoms with Gasteiger partial charge >= 0.3 is 0 Å². The Morgan fingerprint density at radius 1 is 1.00 bits per heavy atom. The Bertz CT molecular complexity index is 647. The average Bonchev–Trinajstić information content (AvgIpc) is 3.34. The summed E-state index contributed by atoms with van der Waals surface area (Å²) < 4.78 is 17.0. The summed E-state index contributed by atoms with van der Waals surface area (Å²) in [6, 6.07) is 14.7. The lowest BCUT2D eigenvalue weighted by molar-refractivity contribution is 0.265. The van der Waals surface area contributed by atoms with Crippen molar-refractivity contribution in [2.24, 2.45) is 5.92 Å². The first-order valence-corrected chi connectivity index (χ1v) is 8.36. The Morgan fingerprint density at radius 2 is 1.62 bits per heavy atom. The van der Waals surface area contributed by atoms with Crippen LogP contribution in [0, 0.1) is 5.92 Å². The van der Waals surface area contributed by atoms with Crippen LogP contribution in [0.4, 0.5) is 0 Å². The minimum absolute atomic E-state index is 0.477. The molecule has 4 nitrogen and oxygen atoms in total. The number of benzene rings is 2. The zero-order valence-corrected chi connectivity index (χ0v) is 14.5. The molecule has 24 heavy (non-hydrogen) atoms. The molecule has 1 saturated carbocycles. The molecule has 1 fully saturated rings. The average molecular weight is 327 g/mol. The second-order valence-corrected chi connectivity index (χ2v) is 6.30. The quantitative estimate of drug-likeness (QED) is 0.801. The van der Waals surface area contributed by atoms with Crippen molar-refractivity contribution in [3.63, 3.8) is 0 Å². The number of hydrogen-bond donors (Lipinski definition) is 1. The predicted octanol–water partition coefficient (Wildman–Crippen LogP) is 3.78. The SMILES string of the molecule is COc1cc(CNC2CC2C)cc(OC)c1OCc1ccccc1. The highest BCUT2D eigenvalue weighted by Gasteiger charge is 2.31. The van der Waals surface area contributed by atoms with E-state index in [2.05, 4.69) is 12.2 Å². The molecule has 1 aliphatic carbocycles. The number of nitrogens with one attached hydrogen (secondary N) is 1. The molecule has 2 unspecified atom stereocenters. The van der Waals surface area contributed by atoms with Crippen LogP contribution in [0.2, 0.25) is 0 Å². The molecule has 2 atom stereocenters. The lowest BCUT2D eigenvalue weighted by atomic mass is 10.1. The van der Waals surface area contributed by atoms with Crippen LogP contribution in [0.1, 0.15) is 24.5 Å². The van der Waals surface area contributed by atoms with E-state index in [4.69, 9.17) is 14.2 Å². The Kier molecular flexibility index (Phi) is 5.26. The number of rotatable bonds is 8. The molecular formula is C20H25NO3. The summed E-state index contributed by atoms with van der Waals surface area (Å²) in [4.78, 5) is 0. The van der Waals surface area contributed by atoms with Gasteiger partial charge in [0.1, 0.15) is 6.61 Å². The summed E-state index contributed by atoms with van der Waals surface area (Å²) >= 11 is 0. The summed E-state index contributed by atoms with van der Waals surface area (Å²) in [6.07, 6.45) is 1.26. The highest BCUT2D eigenvalue weighted by atomic mass is 16.5. The molecule has 2 aromatic carbocycles. The van der Waals surface area contributed by atoms with Gasteiger partial charge in [0.25, 0.3) is 0 Å². The van der Waals surface area contributed by atoms with Crippen LogP contribution in [0.25, 0.3) is 0 Å². The van der Waals surface area contributed by atoms with Gasteiger partial charge in [-0.15, -0.1) is 0 Å². The maximum Gasteiger partial charge on any atom is 0.203 e. The topological polar surface area (TPSA) is 39.7 Å². The van der Waals surface area contributed by atoms with Gasteiger partial charge in [0.15, 0.2) is 11.5 Å². The molecule has 0 amide bonds. The first-order chi connectivity index (χ1) is 11.7. The van der Waals surface area contributed by atoms with Crippen molar-refractivity contribution in [1.82, 2.24) is 5.32 Å². The van der Waals surface area contributed by atoms with Gasteiger partial charge in [0.2, 0.25) is 5.75 Å². The van der Waals surface area contributed by atoms with Gasteiger partial charge in [-0.25, -0.2) is 0 Å². The molecule has 2 aromatic rings. The molecular weight excluding hydrogens is 302 g/mol. The van der Waals surface area contributed by atoms with Gasteiger partial charge in [-0.2, -0.15) is 0 Å². The van der Waals surface area contributed by atoms with Crippen LogP contribution >= 0.6 is 0 Å². The van der Waals surface area contributed by atoms with Crippen molar-refractivity contribution < 1.29 is 14.2 Å². The molecule has 0 aliphatic heterocycles. The van der Waals surface area contributed by atoms with Crippen LogP contribution < -0.4 is 19.5 Å². The van der Waals surface area contributed by atoms with Gasteiger partial charge in [0.05, 0.1) is 14.2 Å². The smallest absolute Gasteiger partial charge is 0.203 e.